The number of carboxylic acid groups (broad SMARTS) is 1. The summed E-state index contributed by atoms with van der Waals surface area (Å²) in [6.45, 7) is 0.385. The van der Waals surface area contributed by atoms with Crippen LogP contribution < -0.4 is 0 Å². The molecule has 0 aromatic carbocycles. The van der Waals surface area contributed by atoms with Crippen molar-refractivity contribution in [2.45, 2.75) is 64.0 Å². The van der Waals surface area contributed by atoms with E-state index < -0.39 is 12.1 Å². The normalized spacial score (nSPS) is 17.8. The molecule has 1 saturated carbocycles. The summed E-state index contributed by atoms with van der Waals surface area (Å²) >= 11 is 0. The van der Waals surface area contributed by atoms with Crippen LogP contribution in [0.3, 0.4) is 0 Å². The molecule has 0 bridgehead atoms. The van der Waals surface area contributed by atoms with E-state index >= 15 is 0 Å². The van der Waals surface area contributed by atoms with Gasteiger partial charge in [0.2, 0.25) is 0 Å². The number of aliphatic carboxylic acids is 1. The Balaban J connectivity index is 1.86. The molecular formula is C14H24N4O3. The molecule has 0 aliphatic heterocycles. The second-order valence-corrected chi connectivity index (χ2v) is 5.78. The summed E-state index contributed by atoms with van der Waals surface area (Å²) in [6.07, 6.45) is 8.15. The molecule has 1 aliphatic rings. The van der Waals surface area contributed by atoms with Crippen LogP contribution in [0.4, 0.5) is 0 Å². The molecule has 118 valence electrons. The Labute approximate surface area is 124 Å². The van der Waals surface area contributed by atoms with Gasteiger partial charge in [0.25, 0.3) is 0 Å². The third-order valence-corrected chi connectivity index (χ3v) is 4.22. The molecule has 1 aliphatic carbocycles. The highest BCUT2D eigenvalue weighted by Crippen LogP contribution is 2.27. The molecule has 2 rings (SSSR count). The number of aryl methyl sites for hydroxylation is 1. The van der Waals surface area contributed by atoms with Crippen molar-refractivity contribution < 1.29 is 14.6 Å². The molecule has 7 nitrogen and oxygen atoms in total. The fraction of sp³-hybridized carbons (Fsp3) is 0.857. The van der Waals surface area contributed by atoms with Crippen molar-refractivity contribution in [3.63, 3.8) is 0 Å². The number of tetrazole rings is 1. The molecule has 7 heteroatoms. The summed E-state index contributed by atoms with van der Waals surface area (Å²) < 4.78 is 6.87. The Morgan fingerprint density at radius 1 is 1.43 bits per heavy atom. The summed E-state index contributed by atoms with van der Waals surface area (Å²) in [5, 5.41) is 20.6. The molecule has 0 spiro atoms. The number of nitrogens with zero attached hydrogens (tertiary/aromatic N) is 4. The molecule has 0 radical (unpaired) electrons. The van der Waals surface area contributed by atoms with Gasteiger partial charge in [-0.3, -0.25) is 4.79 Å². The Morgan fingerprint density at radius 2 is 2.19 bits per heavy atom. The van der Waals surface area contributed by atoms with Crippen molar-refractivity contribution in [2.75, 3.05) is 7.11 Å². The molecule has 1 atom stereocenters. The van der Waals surface area contributed by atoms with Gasteiger partial charge in [-0.2, -0.15) is 0 Å². The van der Waals surface area contributed by atoms with Crippen LogP contribution in [-0.4, -0.2) is 44.5 Å². The number of hydrogen-bond donors (Lipinski definition) is 1. The number of carboxylic acids is 1. The molecule has 1 heterocycles. The minimum atomic E-state index is -0.876. The summed E-state index contributed by atoms with van der Waals surface area (Å²) in [4.78, 5) is 10.8. The lowest BCUT2D eigenvalue weighted by molar-refractivity contribution is -0.140. The Bertz CT molecular complexity index is 443. The Morgan fingerprint density at radius 3 is 2.86 bits per heavy atom. The monoisotopic (exact) mass is 296 g/mol. The summed E-state index contributed by atoms with van der Waals surface area (Å²) in [6, 6.07) is 0. The third-order valence-electron chi connectivity index (χ3n) is 4.22. The first kappa shape index (κ1) is 15.9. The second kappa shape index (κ2) is 8.07. The predicted molar refractivity (Wildman–Crippen MR) is 75.8 cm³/mol. The van der Waals surface area contributed by atoms with Crippen molar-refractivity contribution in [2.24, 2.45) is 5.92 Å². The zero-order valence-corrected chi connectivity index (χ0v) is 12.6. The fourth-order valence-corrected chi connectivity index (χ4v) is 2.96. The summed E-state index contributed by atoms with van der Waals surface area (Å²) in [5.74, 6) is 0.729. The number of aromatic nitrogens is 4. The lowest BCUT2D eigenvalue weighted by Crippen LogP contribution is -2.24. The molecule has 0 amide bonds. The first-order chi connectivity index (χ1) is 10.2. The van der Waals surface area contributed by atoms with Crippen molar-refractivity contribution >= 4 is 5.97 Å². The Hall–Kier alpha value is -1.50. The first-order valence-corrected chi connectivity index (χ1v) is 7.68. The number of rotatable bonds is 8. The predicted octanol–water partition coefficient (Wildman–Crippen LogP) is 1.68. The van der Waals surface area contributed by atoms with Crippen LogP contribution in [0.5, 0.6) is 0 Å². The van der Waals surface area contributed by atoms with Gasteiger partial charge in [-0.25, -0.2) is 4.68 Å². The fourth-order valence-electron chi connectivity index (χ4n) is 2.96. The van der Waals surface area contributed by atoms with Gasteiger partial charge in [-0.05, 0) is 22.8 Å². The highest BCUT2D eigenvalue weighted by molar-refractivity contribution is 5.67. The maximum absolute atomic E-state index is 10.8. The SMILES string of the molecule is COC(CC(=O)O)Cn1nnnc1CCC1CCCCC1. The van der Waals surface area contributed by atoms with Crippen molar-refractivity contribution in [1.82, 2.24) is 20.2 Å². The van der Waals surface area contributed by atoms with Gasteiger partial charge in [-0.1, -0.05) is 32.1 Å². The standard InChI is InChI=1S/C14H24N4O3/c1-21-12(9-14(19)20)10-18-13(15-16-17-18)8-7-11-5-3-2-4-6-11/h11-12H,2-10H2,1H3,(H,19,20). The van der Waals surface area contributed by atoms with Gasteiger partial charge < -0.3 is 9.84 Å². The molecule has 1 N–H and O–H groups in total. The maximum atomic E-state index is 10.8. The zero-order chi connectivity index (χ0) is 15.1. The van der Waals surface area contributed by atoms with Crippen molar-refractivity contribution in [3.8, 4) is 0 Å². The van der Waals surface area contributed by atoms with Crippen molar-refractivity contribution in [3.05, 3.63) is 5.82 Å². The van der Waals surface area contributed by atoms with E-state index in [1.54, 1.807) is 4.68 Å². The van der Waals surface area contributed by atoms with Crippen LogP contribution in [0, 0.1) is 5.92 Å². The largest absolute Gasteiger partial charge is 0.481 e. The van der Waals surface area contributed by atoms with E-state index in [0.717, 1.165) is 24.6 Å². The first-order valence-electron chi connectivity index (χ1n) is 7.68. The van der Waals surface area contributed by atoms with E-state index in [1.165, 1.54) is 39.2 Å². The minimum Gasteiger partial charge on any atom is -0.481 e. The van der Waals surface area contributed by atoms with Gasteiger partial charge in [0.1, 0.15) is 0 Å². The van der Waals surface area contributed by atoms with Crippen LogP contribution in [0.15, 0.2) is 0 Å². The van der Waals surface area contributed by atoms with E-state index in [0.29, 0.717) is 6.54 Å². The van der Waals surface area contributed by atoms with Gasteiger partial charge in [0.15, 0.2) is 5.82 Å². The van der Waals surface area contributed by atoms with Crippen molar-refractivity contribution in [1.29, 1.82) is 0 Å². The van der Waals surface area contributed by atoms with E-state index in [4.69, 9.17) is 9.84 Å². The average molecular weight is 296 g/mol. The highest BCUT2D eigenvalue weighted by atomic mass is 16.5. The number of ether oxygens (including phenoxy) is 1. The third kappa shape index (κ3) is 5.08. The number of hydrogen-bond acceptors (Lipinski definition) is 5. The highest BCUT2D eigenvalue weighted by Gasteiger charge is 2.18. The molecule has 0 saturated heterocycles. The van der Waals surface area contributed by atoms with Gasteiger partial charge in [0.05, 0.1) is 19.1 Å². The van der Waals surface area contributed by atoms with E-state index in [2.05, 4.69) is 15.5 Å². The topological polar surface area (TPSA) is 90.1 Å². The molecule has 21 heavy (non-hydrogen) atoms. The second-order valence-electron chi connectivity index (χ2n) is 5.78. The van der Waals surface area contributed by atoms with E-state index in [9.17, 15) is 4.79 Å². The summed E-state index contributed by atoms with van der Waals surface area (Å²) in [7, 11) is 1.51. The zero-order valence-electron chi connectivity index (χ0n) is 12.6. The number of carbonyl (C=O) groups is 1. The maximum Gasteiger partial charge on any atom is 0.306 e. The van der Waals surface area contributed by atoms with Gasteiger partial charge in [-0.15, -0.1) is 5.10 Å². The average Bonchev–Trinajstić information content (AvgIpc) is 2.92. The molecule has 1 fully saturated rings. The minimum absolute atomic E-state index is 0.0432. The smallest absolute Gasteiger partial charge is 0.306 e. The van der Waals surface area contributed by atoms with E-state index in [1.807, 2.05) is 0 Å². The van der Waals surface area contributed by atoms with Gasteiger partial charge >= 0.3 is 5.97 Å². The van der Waals surface area contributed by atoms with Crippen LogP contribution in [0.2, 0.25) is 0 Å². The molecule has 1 aromatic rings. The van der Waals surface area contributed by atoms with Crippen LogP contribution in [0.25, 0.3) is 0 Å². The van der Waals surface area contributed by atoms with Gasteiger partial charge in [0, 0.05) is 13.5 Å². The lowest BCUT2D eigenvalue weighted by Gasteiger charge is -2.21. The van der Waals surface area contributed by atoms with Crippen LogP contribution in [-0.2, 0) is 22.5 Å². The molecular weight excluding hydrogens is 272 g/mol. The number of methoxy groups -OCH3 is 1. The molecule has 1 unspecified atom stereocenters. The van der Waals surface area contributed by atoms with E-state index in [-0.39, 0.29) is 6.42 Å². The molecule has 1 aromatic heterocycles. The Kier molecular flexibility index (Phi) is 6.10. The summed E-state index contributed by atoms with van der Waals surface area (Å²) in [5.41, 5.74) is 0. The lowest BCUT2D eigenvalue weighted by atomic mass is 9.86. The van der Waals surface area contributed by atoms with Crippen LogP contribution in [0.1, 0.15) is 50.8 Å². The quantitative estimate of drug-likeness (QED) is 0.785. The van der Waals surface area contributed by atoms with Crippen LogP contribution >= 0.6 is 0 Å².